The van der Waals surface area contributed by atoms with Crippen LogP contribution in [0.3, 0.4) is 0 Å². The van der Waals surface area contributed by atoms with Crippen LogP contribution in [-0.2, 0) is 16.0 Å². The van der Waals surface area contributed by atoms with Gasteiger partial charge in [-0.1, -0.05) is 19.0 Å². The fourth-order valence-corrected chi connectivity index (χ4v) is 2.52. The van der Waals surface area contributed by atoms with E-state index in [1.54, 1.807) is 0 Å². The number of amides is 1. The molecule has 0 bridgehead atoms. The van der Waals surface area contributed by atoms with Gasteiger partial charge in [0.1, 0.15) is 11.8 Å². The van der Waals surface area contributed by atoms with Crippen molar-refractivity contribution >= 4 is 11.9 Å². The minimum atomic E-state index is -1.03. The molecule has 1 amide bonds. The molecular formula is C19H25N3O5. The van der Waals surface area contributed by atoms with Crippen LogP contribution in [0.15, 0.2) is 28.8 Å². The highest BCUT2D eigenvalue weighted by molar-refractivity contribution is 5.83. The van der Waals surface area contributed by atoms with Gasteiger partial charge in [0.15, 0.2) is 0 Å². The van der Waals surface area contributed by atoms with Crippen LogP contribution in [0.2, 0.25) is 0 Å². The van der Waals surface area contributed by atoms with Gasteiger partial charge >= 0.3 is 5.97 Å². The Morgan fingerprint density at radius 2 is 1.96 bits per heavy atom. The van der Waals surface area contributed by atoms with Crippen LogP contribution in [0.1, 0.15) is 39.5 Å². The van der Waals surface area contributed by atoms with Crippen molar-refractivity contribution in [1.29, 1.82) is 0 Å². The number of carboxylic acids is 1. The average molecular weight is 375 g/mol. The van der Waals surface area contributed by atoms with Gasteiger partial charge in [-0.15, -0.1) is 0 Å². The molecule has 0 spiro atoms. The van der Waals surface area contributed by atoms with Gasteiger partial charge in [0.05, 0.1) is 6.61 Å². The van der Waals surface area contributed by atoms with Crippen molar-refractivity contribution in [2.45, 2.75) is 46.1 Å². The average Bonchev–Trinajstić information content (AvgIpc) is 3.09. The van der Waals surface area contributed by atoms with Crippen molar-refractivity contribution in [3.63, 3.8) is 0 Å². The Balaban J connectivity index is 1.89. The van der Waals surface area contributed by atoms with E-state index < -0.39 is 12.0 Å². The van der Waals surface area contributed by atoms with Crippen molar-refractivity contribution in [2.24, 2.45) is 5.92 Å². The van der Waals surface area contributed by atoms with Crippen molar-refractivity contribution in [3.05, 3.63) is 30.2 Å². The quantitative estimate of drug-likeness (QED) is 0.656. The zero-order valence-electron chi connectivity index (χ0n) is 15.8. The maximum atomic E-state index is 12.0. The SMILES string of the molecule is CCOc1ccc(-c2noc(CCC(=O)NC(CC(C)C)C(=O)O)n2)cc1. The van der Waals surface area contributed by atoms with Crippen molar-refractivity contribution < 1.29 is 24.0 Å². The van der Waals surface area contributed by atoms with Crippen LogP contribution in [0.5, 0.6) is 5.75 Å². The van der Waals surface area contributed by atoms with E-state index in [2.05, 4.69) is 15.5 Å². The molecule has 1 aromatic heterocycles. The summed E-state index contributed by atoms with van der Waals surface area (Å²) in [6.07, 6.45) is 0.695. The lowest BCUT2D eigenvalue weighted by molar-refractivity contribution is -0.142. The van der Waals surface area contributed by atoms with E-state index in [1.807, 2.05) is 45.0 Å². The van der Waals surface area contributed by atoms with Crippen molar-refractivity contribution in [2.75, 3.05) is 6.61 Å². The summed E-state index contributed by atoms with van der Waals surface area (Å²) in [6, 6.07) is 6.41. The Morgan fingerprint density at radius 1 is 1.26 bits per heavy atom. The number of nitrogens with one attached hydrogen (secondary N) is 1. The largest absolute Gasteiger partial charge is 0.494 e. The van der Waals surface area contributed by atoms with Crippen LogP contribution < -0.4 is 10.1 Å². The molecule has 1 unspecified atom stereocenters. The Hall–Kier alpha value is -2.90. The van der Waals surface area contributed by atoms with Crippen molar-refractivity contribution in [1.82, 2.24) is 15.5 Å². The first-order chi connectivity index (χ1) is 12.9. The van der Waals surface area contributed by atoms with Gasteiger partial charge in [-0.2, -0.15) is 4.98 Å². The molecule has 0 aliphatic rings. The molecule has 0 aliphatic heterocycles. The summed E-state index contributed by atoms with van der Waals surface area (Å²) in [7, 11) is 0. The molecule has 0 fully saturated rings. The second-order valence-electron chi connectivity index (χ2n) is 6.56. The van der Waals surface area contributed by atoms with Gasteiger partial charge in [0.2, 0.25) is 17.6 Å². The normalized spacial score (nSPS) is 12.0. The fourth-order valence-electron chi connectivity index (χ4n) is 2.52. The molecule has 8 nitrogen and oxygen atoms in total. The monoisotopic (exact) mass is 375 g/mol. The number of rotatable bonds is 10. The van der Waals surface area contributed by atoms with Gasteiger partial charge < -0.3 is 19.7 Å². The van der Waals surface area contributed by atoms with Gasteiger partial charge in [-0.25, -0.2) is 4.79 Å². The number of benzene rings is 1. The Morgan fingerprint density at radius 3 is 2.56 bits per heavy atom. The molecule has 8 heteroatoms. The number of carboxylic acid groups (broad SMARTS) is 1. The molecule has 1 aromatic carbocycles. The van der Waals surface area contributed by atoms with E-state index in [-0.39, 0.29) is 24.7 Å². The third-order valence-corrected chi connectivity index (χ3v) is 3.80. The van der Waals surface area contributed by atoms with Crippen LogP contribution in [0.4, 0.5) is 0 Å². The Kier molecular flexibility index (Phi) is 7.34. The molecule has 1 atom stereocenters. The topological polar surface area (TPSA) is 115 Å². The maximum Gasteiger partial charge on any atom is 0.326 e. The zero-order valence-corrected chi connectivity index (χ0v) is 15.8. The predicted molar refractivity (Wildman–Crippen MR) is 98.2 cm³/mol. The molecule has 146 valence electrons. The van der Waals surface area contributed by atoms with E-state index in [4.69, 9.17) is 9.26 Å². The van der Waals surface area contributed by atoms with E-state index in [0.29, 0.717) is 24.7 Å². The van der Waals surface area contributed by atoms with Gasteiger partial charge in [0, 0.05) is 18.4 Å². The molecule has 2 N–H and O–H groups in total. The predicted octanol–water partition coefficient (Wildman–Crippen LogP) is 2.68. The molecule has 0 radical (unpaired) electrons. The number of hydrogen-bond acceptors (Lipinski definition) is 6. The number of hydrogen-bond donors (Lipinski definition) is 2. The number of nitrogens with zero attached hydrogens (tertiary/aromatic N) is 2. The molecular weight excluding hydrogens is 350 g/mol. The summed E-state index contributed by atoms with van der Waals surface area (Å²) in [6.45, 7) is 6.32. The number of aryl methyl sites for hydroxylation is 1. The second-order valence-corrected chi connectivity index (χ2v) is 6.56. The Bertz CT molecular complexity index is 755. The summed E-state index contributed by atoms with van der Waals surface area (Å²) in [5.74, 6) is 0.285. The maximum absolute atomic E-state index is 12.0. The first-order valence-electron chi connectivity index (χ1n) is 8.97. The van der Waals surface area contributed by atoms with Crippen molar-refractivity contribution in [3.8, 4) is 17.1 Å². The molecule has 0 aliphatic carbocycles. The summed E-state index contributed by atoms with van der Waals surface area (Å²) in [5.41, 5.74) is 0.778. The van der Waals surface area contributed by atoms with Crippen LogP contribution in [0, 0.1) is 5.92 Å². The first-order valence-corrected chi connectivity index (χ1v) is 8.97. The molecule has 27 heavy (non-hydrogen) atoms. The highest BCUT2D eigenvalue weighted by atomic mass is 16.5. The highest BCUT2D eigenvalue weighted by Gasteiger charge is 2.21. The minimum absolute atomic E-state index is 0.0762. The van der Waals surface area contributed by atoms with E-state index >= 15 is 0 Å². The van der Waals surface area contributed by atoms with Gasteiger partial charge in [-0.3, -0.25) is 4.79 Å². The summed E-state index contributed by atoms with van der Waals surface area (Å²) in [4.78, 5) is 27.5. The molecule has 2 rings (SSSR count). The molecule has 2 aromatic rings. The third kappa shape index (κ3) is 6.40. The number of aromatic nitrogens is 2. The van der Waals surface area contributed by atoms with E-state index in [1.165, 1.54) is 0 Å². The van der Waals surface area contributed by atoms with E-state index in [9.17, 15) is 14.7 Å². The summed E-state index contributed by atoms with van der Waals surface area (Å²) >= 11 is 0. The lowest BCUT2D eigenvalue weighted by Gasteiger charge is -2.16. The fraction of sp³-hybridized carbons (Fsp3) is 0.474. The highest BCUT2D eigenvalue weighted by Crippen LogP contribution is 2.20. The second kappa shape index (κ2) is 9.70. The molecule has 0 saturated heterocycles. The lowest BCUT2D eigenvalue weighted by atomic mass is 10.0. The molecule has 0 saturated carbocycles. The van der Waals surface area contributed by atoms with Crippen LogP contribution in [0.25, 0.3) is 11.4 Å². The lowest BCUT2D eigenvalue weighted by Crippen LogP contribution is -2.41. The molecule has 1 heterocycles. The summed E-state index contributed by atoms with van der Waals surface area (Å²) in [5, 5.41) is 15.6. The zero-order chi connectivity index (χ0) is 19.8. The van der Waals surface area contributed by atoms with E-state index in [0.717, 1.165) is 11.3 Å². The van der Waals surface area contributed by atoms with Gasteiger partial charge in [-0.05, 0) is 43.5 Å². The minimum Gasteiger partial charge on any atom is -0.494 e. The number of aliphatic carboxylic acids is 1. The third-order valence-electron chi connectivity index (χ3n) is 3.80. The number of ether oxygens (including phenoxy) is 1. The van der Waals surface area contributed by atoms with Gasteiger partial charge in [0.25, 0.3) is 0 Å². The number of carbonyl (C=O) groups is 2. The van der Waals surface area contributed by atoms with Crippen LogP contribution >= 0.6 is 0 Å². The van der Waals surface area contributed by atoms with Crippen LogP contribution in [-0.4, -0.2) is 39.8 Å². The number of carbonyl (C=O) groups excluding carboxylic acids is 1. The standard InChI is InChI=1S/C19H25N3O5/c1-4-26-14-7-5-13(6-8-14)18-21-17(27-22-18)10-9-16(23)20-15(19(24)25)11-12(2)3/h5-8,12,15H,4,9-11H2,1-3H3,(H,20,23)(H,24,25). The smallest absolute Gasteiger partial charge is 0.326 e. The Labute approximate surface area is 157 Å². The summed E-state index contributed by atoms with van der Waals surface area (Å²) < 4.78 is 10.6. The first kappa shape index (κ1) is 20.4.